The molecule has 0 amide bonds. The zero-order valence-corrected chi connectivity index (χ0v) is 5.00. The van der Waals surface area contributed by atoms with Crippen LogP contribution in [0.1, 0.15) is 12.8 Å². The van der Waals surface area contributed by atoms with Crippen molar-refractivity contribution in [3.05, 3.63) is 0 Å². The Kier molecular flexibility index (Phi) is 0.926. The summed E-state index contributed by atoms with van der Waals surface area (Å²) in [7, 11) is 0. The molecule has 0 aromatic rings. The van der Waals surface area contributed by atoms with Crippen molar-refractivity contribution in [1.29, 1.82) is 0 Å². The van der Waals surface area contributed by atoms with E-state index in [1.54, 1.807) is 0 Å². The summed E-state index contributed by atoms with van der Waals surface area (Å²) >= 11 is 0. The molecule has 1 heterocycles. The van der Waals surface area contributed by atoms with Crippen molar-refractivity contribution in [3.63, 3.8) is 0 Å². The van der Waals surface area contributed by atoms with Gasteiger partial charge in [-0.25, -0.2) is 0 Å². The molecule has 0 bridgehead atoms. The maximum atomic E-state index is 10.8. The summed E-state index contributed by atoms with van der Waals surface area (Å²) in [6.45, 7) is 0. The summed E-state index contributed by atoms with van der Waals surface area (Å²) in [6, 6.07) is 0.111. The van der Waals surface area contributed by atoms with Crippen LogP contribution in [0.4, 0.5) is 0 Å². The minimum Gasteiger partial charge on any atom is -0.391 e. The highest BCUT2D eigenvalue weighted by atomic mass is 16.3. The summed E-state index contributed by atoms with van der Waals surface area (Å²) in [5, 5.41) is 12.1. The van der Waals surface area contributed by atoms with E-state index >= 15 is 0 Å². The van der Waals surface area contributed by atoms with Gasteiger partial charge in [0.15, 0.2) is 5.78 Å². The van der Waals surface area contributed by atoms with Crippen LogP contribution >= 0.6 is 0 Å². The van der Waals surface area contributed by atoms with Crippen molar-refractivity contribution in [1.82, 2.24) is 5.32 Å². The number of carbonyl (C=O) groups excluding carboxylic acids is 1. The standard InChI is InChI=1S/C6H9NO2/c8-3-1-2-4(9)6-5(3)7-6/h3,5-8H,1-2H2. The summed E-state index contributed by atoms with van der Waals surface area (Å²) < 4.78 is 0. The van der Waals surface area contributed by atoms with Gasteiger partial charge in [0.1, 0.15) is 0 Å². The van der Waals surface area contributed by atoms with Gasteiger partial charge in [-0.15, -0.1) is 0 Å². The van der Waals surface area contributed by atoms with Gasteiger partial charge in [-0.2, -0.15) is 0 Å². The molecule has 2 N–H and O–H groups in total. The molecule has 0 spiro atoms. The first kappa shape index (κ1) is 5.38. The van der Waals surface area contributed by atoms with Crippen LogP contribution in [0.5, 0.6) is 0 Å². The van der Waals surface area contributed by atoms with E-state index in [2.05, 4.69) is 5.32 Å². The summed E-state index contributed by atoms with van der Waals surface area (Å²) in [4.78, 5) is 10.8. The molecule has 50 valence electrons. The predicted molar refractivity (Wildman–Crippen MR) is 31.0 cm³/mol. The number of ketones is 1. The van der Waals surface area contributed by atoms with Gasteiger partial charge in [-0.1, -0.05) is 0 Å². The molecule has 1 saturated carbocycles. The topological polar surface area (TPSA) is 59.2 Å². The van der Waals surface area contributed by atoms with Gasteiger partial charge in [0.05, 0.1) is 18.2 Å². The lowest BCUT2D eigenvalue weighted by Gasteiger charge is -2.11. The lowest BCUT2D eigenvalue weighted by molar-refractivity contribution is -0.120. The van der Waals surface area contributed by atoms with Crippen molar-refractivity contribution >= 4 is 5.78 Å². The van der Waals surface area contributed by atoms with Crippen molar-refractivity contribution in [2.45, 2.75) is 31.0 Å². The van der Waals surface area contributed by atoms with Crippen LogP contribution in [0.25, 0.3) is 0 Å². The van der Waals surface area contributed by atoms with Crippen LogP contribution in [-0.4, -0.2) is 29.1 Å². The van der Waals surface area contributed by atoms with Crippen LogP contribution in [0.3, 0.4) is 0 Å². The average Bonchev–Trinajstić information content (AvgIpc) is 2.57. The monoisotopic (exact) mass is 127 g/mol. The second kappa shape index (κ2) is 1.55. The van der Waals surface area contributed by atoms with Crippen molar-refractivity contribution in [2.24, 2.45) is 0 Å². The molecule has 2 rings (SSSR count). The van der Waals surface area contributed by atoms with E-state index in [4.69, 9.17) is 5.11 Å². The lowest BCUT2D eigenvalue weighted by atomic mass is 9.97. The highest BCUT2D eigenvalue weighted by Crippen LogP contribution is 2.26. The Morgan fingerprint density at radius 3 is 3.11 bits per heavy atom. The number of aliphatic hydroxyl groups excluding tert-OH is 1. The number of nitrogens with one attached hydrogen (secondary N) is 1. The largest absolute Gasteiger partial charge is 0.391 e. The number of aliphatic hydroxyl groups is 1. The minimum absolute atomic E-state index is 0.00810. The van der Waals surface area contributed by atoms with Crippen LogP contribution in [0, 0.1) is 0 Å². The molecule has 0 aromatic carbocycles. The molecular weight excluding hydrogens is 118 g/mol. The number of carbonyl (C=O) groups is 1. The molecule has 2 aliphatic rings. The molecule has 3 unspecified atom stereocenters. The van der Waals surface area contributed by atoms with Gasteiger partial charge < -0.3 is 5.11 Å². The number of rotatable bonds is 0. The van der Waals surface area contributed by atoms with E-state index in [9.17, 15) is 4.79 Å². The Bertz CT molecular complexity index is 157. The normalized spacial score (nSPS) is 48.6. The first-order valence-corrected chi connectivity index (χ1v) is 3.26. The van der Waals surface area contributed by atoms with E-state index in [1.807, 2.05) is 0 Å². The van der Waals surface area contributed by atoms with E-state index in [-0.39, 0.29) is 24.0 Å². The lowest BCUT2D eigenvalue weighted by Crippen LogP contribution is -2.27. The molecule has 1 saturated heterocycles. The zero-order chi connectivity index (χ0) is 6.43. The zero-order valence-electron chi connectivity index (χ0n) is 5.00. The second-order valence-corrected chi connectivity index (χ2v) is 2.74. The highest BCUT2D eigenvalue weighted by Gasteiger charge is 2.49. The molecule has 0 radical (unpaired) electrons. The maximum absolute atomic E-state index is 10.8. The smallest absolute Gasteiger partial charge is 0.151 e. The first-order chi connectivity index (χ1) is 4.29. The van der Waals surface area contributed by atoms with Crippen LogP contribution in [0.15, 0.2) is 0 Å². The van der Waals surface area contributed by atoms with E-state index in [0.717, 1.165) is 0 Å². The number of Topliss-reactive ketones (excluding diaryl/α,β-unsaturated/α-hetero) is 1. The Morgan fingerprint density at radius 1 is 1.67 bits per heavy atom. The van der Waals surface area contributed by atoms with Gasteiger partial charge >= 0.3 is 0 Å². The quantitative estimate of drug-likeness (QED) is 0.412. The summed E-state index contributed by atoms with van der Waals surface area (Å²) in [5.74, 6) is 0.269. The fourth-order valence-electron chi connectivity index (χ4n) is 1.40. The summed E-state index contributed by atoms with van der Waals surface area (Å²) in [5.41, 5.74) is 0. The Morgan fingerprint density at radius 2 is 2.44 bits per heavy atom. The van der Waals surface area contributed by atoms with E-state index < -0.39 is 0 Å². The van der Waals surface area contributed by atoms with Crippen molar-refractivity contribution in [2.75, 3.05) is 0 Å². The third-order valence-corrected chi connectivity index (χ3v) is 2.07. The van der Waals surface area contributed by atoms with Gasteiger partial charge in [-0.3, -0.25) is 10.1 Å². The molecular formula is C6H9NO2. The third-order valence-electron chi connectivity index (χ3n) is 2.07. The van der Waals surface area contributed by atoms with Gasteiger partial charge in [-0.05, 0) is 6.42 Å². The summed E-state index contributed by atoms with van der Waals surface area (Å²) in [6.07, 6.45) is 0.926. The van der Waals surface area contributed by atoms with Gasteiger partial charge in [0, 0.05) is 6.42 Å². The number of fused-ring (bicyclic) bond motifs is 1. The number of hydrogen-bond donors (Lipinski definition) is 2. The molecule has 3 nitrogen and oxygen atoms in total. The Balaban J connectivity index is 2.08. The fourth-order valence-corrected chi connectivity index (χ4v) is 1.40. The average molecular weight is 127 g/mol. The van der Waals surface area contributed by atoms with Gasteiger partial charge in [0.25, 0.3) is 0 Å². The first-order valence-electron chi connectivity index (χ1n) is 3.26. The van der Waals surface area contributed by atoms with Crippen molar-refractivity contribution in [3.8, 4) is 0 Å². The Labute approximate surface area is 53.1 Å². The molecule has 3 heteroatoms. The van der Waals surface area contributed by atoms with Gasteiger partial charge in [0.2, 0.25) is 0 Å². The van der Waals surface area contributed by atoms with E-state index in [0.29, 0.717) is 12.8 Å². The second-order valence-electron chi connectivity index (χ2n) is 2.74. The predicted octanol–water partition coefficient (Wildman–Crippen LogP) is -0.949. The van der Waals surface area contributed by atoms with Crippen LogP contribution < -0.4 is 5.32 Å². The Hall–Kier alpha value is -0.410. The van der Waals surface area contributed by atoms with Crippen molar-refractivity contribution < 1.29 is 9.90 Å². The third kappa shape index (κ3) is 0.686. The SMILES string of the molecule is O=C1CCC(O)C2NC12. The molecule has 1 aliphatic heterocycles. The molecule has 3 atom stereocenters. The van der Waals surface area contributed by atoms with E-state index in [1.165, 1.54) is 0 Å². The fraction of sp³-hybridized carbons (Fsp3) is 0.833. The van der Waals surface area contributed by atoms with Crippen LogP contribution in [0.2, 0.25) is 0 Å². The maximum Gasteiger partial charge on any atom is 0.151 e. The molecule has 9 heavy (non-hydrogen) atoms. The number of hydrogen-bond acceptors (Lipinski definition) is 3. The molecule has 2 fully saturated rings. The highest BCUT2D eigenvalue weighted by molar-refractivity contribution is 5.89. The molecule has 0 aromatic heterocycles. The van der Waals surface area contributed by atoms with Crippen LogP contribution in [-0.2, 0) is 4.79 Å². The molecule has 1 aliphatic carbocycles. The minimum atomic E-state index is -0.271.